The molecule has 9 heteroatoms. The van der Waals surface area contributed by atoms with Crippen molar-refractivity contribution in [1.29, 1.82) is 0 Å². The molecule has 3 aliphatic rings. The van der Waals surface area contributed by atoms with Crippen molar-refractivity contribution in [1.82, 2.24) is 14.7 Å². The molecule has 0 spiro atoms. The molecule has 172 valence electrons. The lowest BCUT2D eigenvalue weighted by Gasteiger charge is -2.29. The van der Waals surface area contributed by atoms with Crippen molar-refractivity contribution in [3.05, 3.63) is 53.5 Å². The van der Waals surface area contributed by atoms with E-state index in [1.54, 1.807) is 30.1 Å². The molecule has 2 saturated carbocycles. The van der Waals surface area contributed by atoms with Gasteiger partial charge in [0.15, 0.2) is 17.5 Å². The van der Waals surface area contributed by atoms with Crippen LogP contribution in [0.5, 0.6) is 11.5 Å². The number of aliphatic hydroxyl groups excluding tert-OH is 1. The maximum absolute atomic E-state index is 13.6. The lowest BCUT2D eigenvalue weighted by Crippen LogP contribution is -2.42. The van der Waals surface area contributed by atoms with Crippen LogP contribution >= 0.6 is 0 Å². The predicted molar refractivity (Wildman–Crippen MR) is 112 cm³/mol. The molecule has 6 rings (SSSR count). The molecule has 5 atom stereocenters. The fraction of sp³-hybridized carbons (Fsp3) is 0.417. The fourth-order valence-electron chi connectivity index (χ4n) is 5.54. The van der Waals surface area contributed by atoms with Crippen LogP contribution in [0.25, 0.3) is 10.9 Å². The van der Waals surface area contributed by atoms with E-state index in [9.17, 15) is 23.1 Å². The van der Waals surface area contributed by atoms with Gasteiger partial charge in [-0.1, -0.05) is 0 Å². The monoisotopic (exact) mass is 457 g/mol. The first-order valence-corrected chi connectivity index (χ1v) is 11.1. The summed E-state index contributed by atoms with van der Waals surface area (Å²) < 4.78 is 47.9. The van der Waals surface area contributed by atoms with Gasteiger partial charge in [-0.25, -0.2) is 13.2 Å². The summed E-state index contributed by atoms with van der Waals surface area (Å²) in [4.78, 5) is 15.1. The fourth-order valence-corrected chi connectivity index (χ4v) is 5.54. The van der Waals surface area contributed by atoms with E-state index in [0.717, 1.165) is 35.0 Å². The Bertz CT molecular complexity index is 1270. The molecule has 1 aromatic heterocycles. The smallest absolute Gasteiger partial charge is 0.226 e. The second kappa shape index (κ2) is 7.21. The van der Waals surface area contributed by atoms with Gasteiger partial charge in [-0.2, -0.15) is 5.10 Å². The number of hydrogen-bond donors (Lipinski definition) is 1. The van der Waals surface area contributed by atoms with Gasteiger partial charge in [0.1, 0.15) is 11.5 Å². The van der Waals surface area contributed by atoms with Crippen LogP contribution in [0.3, 0.4) is 0 Å². The number of aliphatic hydroxyl groups is 1. The first-order valence-electron chi connectivity index (χ1n) is 11.1. The third kappa shape index (κ3) is 3.37. The summed E-state index contributed by atoms with van der Waals surface area (Å²) in [6.07, 6.45) is 3.69. The number of amides is 1. The molecule has 1 aliphatic heterocycles. The Labute approximate surface area is 187 Å². The van der Waals surface area contributed by atoms with E-state index in [2.05, 4.69) is 5.10 Å². The summed E-state index contributed by atoms with van der Waals surface area (Å²) in [5.41, 5.74) is 1.59. The van der Waals surface area contributed by atoms with E-state index in [-0.39, 0.29) is 41.6 Å². The highest BCUT2D eigenvalue weighted by molar-refractivity contribution is 5.88. The number of nitrogens with zero attached hydrogens (tertiary/aromatic N) is 3. The lowest BCUT2D eigenvalue weighted by atomic mass is 10.0. The van der Waals surface area contributed by atoms with Crippen LogP contribution < -0.4 is 4.74 Å². The van der Waals surface area contributed by atoms with Gasteiger partial charge in [-0.3, -0.25) is 9.48 Å². The van der Waals surface area contributed by atoms with E-state index < -0.39 is 17.5 Å². The minimum atomic E-state index is -1.55. The van der Waals surface area contributed by atoms with Crippen LogP contribution in [0, 0.1) is 29.3 Å². The summed E-state index contributed by atoms with van der Waals surface area (Å²) in [5, 5.41) is 15.3. The number of fused-ring (bicyclic) bond motifs is 3. The molecule has 6 nitrogen and oxygen atoms in total. The van der Waals surface area contributed by atoms with Gasteiger partial charge in [0.25, 0.3) is 0 Å². The van der Waals surface area contributed by atoms with Gasteiger partial charge in [-0.15, -0.1) is 0 Å². The Hall–Kier alpha value is -3.07. The summed E-state index contributed by atoms with van der Waals surface area (Å²) in [5.74, 6) is -3.95. The minimum absolute atomic E-state index is 0.0378. The highest BCUT2D eigenvalue weighted by atomic mass is 19.2. The highest BCUT2D eigenvalue weighted by Gasteiger charge is 2.52. The molecule has 2 aromatic carbocycles. The third-order valence-corrected chi connectivity index (χ3v) is 7.21. The highest BCUT2D eigenvalue weighted by Crippen LogP contribution is 2.53. The van der Waals surface area contributed by atoms with Crippen molar-refractivity contribution in [3.8, 4) is 11.5 Å². The van der Waals surface area contributed by atoms with Crippen molar-refractivity contribution in [2.75, 3.05) is 6.54 Å². The zero-order valence-corrected chi connectivity index (χ0v) is 17.8. The molecule has 1 N–H and O–H groups in total. The van der Waals surface area contributed by atoms with E-state index in [0.29, 0.717) is 25.1 Å². The topological polar surface area (TPSA) is 67.6 Å². The van der Waals surface area contributed by atoms with Crippen LogP contribution in [-0.4, -0.2) is 44.4 Å². The first kappa shape index (κ1) is 20.5. The van der Waals surface area contributed by atoms with Crippen molar-refractivity contribution >= 4 is 16.8 Å². The van der Waals surface area contributed by atoms with Crippen molar-refractivity contribution in [2.45, 2.75) is 37.3 Å². The Morgan fingerprint density at radius 2 is 1.82 bits per heavy atom. The summed E-state index contributed by atoms with van der Waals surface area (Å²) in [6.45, 7) is 0.609. The lowest BCUT2D eigenvalue weighted by molar-refractivity contribution is -0.135. The van der Waals surface area contributed by atoms with E-state index in [1.165, 1.54) is 0 Å². The Morgan fingerprint density at radius 3 is 2.48 bits per heavy atom. The molecule has 1 unspecified atom stereocenters. The SMILES string of the molecule is Cn1cc2cc(Oc3cc(F)c(F)c(F)c3)cc(C3C[C@H]3C(=O)N3C[C@@H]4C[C@H]3C[C@@H]4O)c2n1. The molecular weight excluding hydrogens is 435 g/mol. The van der Waals surface area contributed by atoms with Crippen molar-refractivity contribution < 1.29 is 27.8 Å². The van der Waals surface area contributed by atoms with Crippen LogP contribution in [0.2, 0.25) is 0 Å². The Kier molecular flexibility index (Phi) is 4.49. The van der Waals surface area contributed by atoms with Crippen LogP contribution in [0.1, 0.15) is 30.7 Å². The molecular formula is C24H22F3N3O3. The maximum Gasteiger partial charge on any atom is 0.226 e. The number of ether oxygens (including phenoxy) is 1. The van der Waals surface area contributed by atoms with E-state index in [1.807, 2.05) is 4.90 Å². The van der Waals surface area contributed by atoms with E-state index >= 15 is 0 Å². The van der Waals surface area contributed by atoms with Gasteiger partial charge in [0, 0.05) is 55.2 Å². The number of carbonyl (C=O) groups is 1. The molecule has 2 aliphatic carbocycles. The van der Waals surface area contributed by atoms with Crippen LogP contribution in [-0.2, 0) is 11.8 Å². The molecule has 2 bridgehead atoms. The van der Waals surface area contributed by atoms with Crippen LogP contribution in [0.4, 0.5) is 13.2 Å². The average Bonchev–Trinajstić information content (AvgIpc) is 3.10. The summed E-state index contributed by atoms with van der Waals surface area (Å²) in [6, 6.07) is 5.15. The standard InChI is InChI=1S/C24H22F3N3O3/c1-29-9-12-3-14(33-15-6-19(25)22(27)20(26)7-15)5-17(23(12)28-29)16-8-18(16)24(32)30-10-11-2-13(30)4-21(11)31/h3,5-7,9,11,13,16,18,21,31H,2,4,8,10H2,1H3/t11-,13-,16?,18+,21-/m0/s1. The Balaban J connectivity index is 1.29. The predicted octanol–water partition coefficient (Wildman–Crippen LogP) is 3.87. The Morgan fingerprint density at radius 1 is 1.09 bits per heavy atom. The van der Waals surface area contributed by atoms with Gasteiger partial charge < -0.3 is 14.7 Å². The zero-order chi connectivity index (χ0) is 23.0. The van der Waals surface area contributed by atoms with E-state index in [4.69, 9.17) is 4.74 Å². The number of piperidine rings is 1. The quantitative estimate of drug-likeness (QED) is 0.604. The number of aromatic nitrogens is 2. The summed E-state index contributed by atoms with van der Waals surface area (Å²) in [7, 11) is 1.79. The molecule has 0 radical (unpaired) electrons. The molecule has 1 saturated heterocycles. The summed E-state index contributed by atoms with van der Waals surface area (Å²) >= 11 is 0. The molecule has 3 fully saturated rings. The van der Waals surface area contributed by atoms with Crippen LogP contribution in [0.15, 0.2) is 30.5 Å². The maximum atomic E-state index is 13.6. The molecule has 3 aromatic rings. The third-order valence-electron chi connectivity index (χ3n) is 7.21. The molecule has 2 heterocycles. The molecule has 33 heavy (non-hydrogen) atoms. The second-order valence-corrected chi connectivity index (χ2v) is 9.45. The average molecular weight is 457 g/mol. The van der Waals surface area contributed by atoms with Gasteiger partial charge >= 0.3 is 0 Å². The number of hydrogen-bond acceptors (Lipinski definition) is 4. The molecule has 1 amide bonds. The number of benzene rings is 2. The van der Waals surface area contributed by atoms with Gasteiger partial charge in [0.05, 0.1) is 11.6 Å². The largest absolute Gasteiger partial charge is 0.457 e. The second-order valence-electron chi connectivity index (χ2n) is 9.45. The minimum Gasteiger partial charge on any atom is -0.457 e. The normalized spacial score (nSPS) is 28.0. The van der Waals surface area contributed by atoms with Gasteiger partial charge in [0.2, 0.25) is 5.91 Å². The number of rotatable bonds is 4. The number of halogens is 3. The number of aryl methyl sites for hydroxylation is 1. The number of likely N-dealkylation sites (tertiary alicyclic amines) is 1. The number of carbonyl (C=O) groups excluding carboxylic acids is 1. The zero-order valence-electron chi connectivity index (χ0n) is 17.8. The van der Waals surface area contributed by atoms with Gasteiger partial charge in [-0.05, 0) is 42.9 Å². The van der Waals surface area contributed by atoms with Crippen molar-refractivity contribution in [2.24, 2.45) is 18.9 Å². The van der Waals surface area contributed by atoms with Crippen molar-refractivity contribution in [3.63, 3.8) is 0 Å². The first-order chi connectivity index (χ1) is 15.8.